The average molecular weight is 377 g/mol. The largest absolute Gasteiger partial charge is 0.293 e. The summed E-state index contributed by atoms with van der Waals surface area (Å²) < 4.78 is 1.85. The quantitative estimate of drug-likeness (QED) is 0.645. The molecule has 0 spiro atoms. The van der Waals surface area contributed by atoms with Crippen LogP contribution in [0.5, 0.6) is 0 Å². The number of hydrazine groups is 1. The van der Waals surface area contributed by atoms with Gasteiger partial charge < -0.3 is 0 Å². The number of rotatable bonds is 6. The fourth-order valence-electron chi connectivity index (χ4n) is 2.87. The first kappa shape index (κ1) is 19.3. The summed E-state index contributed by atoms with van der Waals surface area (Å²) in [7, 11) is 1.85. The molecule has 2 amide bonds. The van der Waals surface area contributed by atoms with E-state index in [-0.39, 0.29) is 18.4 Å². The van der Waals surface area contributed by atoms with Crippen LogP contribution in [-0.4, -0.2) is 40.1 Å². The zero-order valence-corrected chi connectivity index (χ0v) is 15.9. The van der Waals surface area contributed by atoms with Crippen molar-refractivity contribution < 1.29 is 9.59 Å². The van der Waals surface area contributed by atoms with Crippen molar-refractivity contribution in [1.82, 2.24) is 25.5 Å². The molecule has 0 radical (unpaired) electrons. The lowest BCUT2D eigenvalue weighted by molar-refractivity contribution is -0.128. The first-order valence-electron chi connectivity index (χ1n) is 8.96. The Hall–Kier alpha value is -3.45. The van der Waals surface area contributed by atoms with Gasteiger partial charge in [-0.2, -0.15) is 5.10 Å². The number of hydrogen-bond acceptors (Lipinski definition) is 4. The van der Waals surface area contributed by atoms with Gasteiger partial charge >= 0.3 is 0 Å². The maximum Gasteiger partial charge on any atom is 0.252 e. The van der Waals surface area contributed by atoms with Gasteiger partial charge in [-0.05, 0) is 19.2 Å². The molecule has 0 aliphatic rings. The van der Waals surface area contributed by atoms with Crippen LogP contribution >= 0.6 is 0 Å². The van der Waals surface area contributed by atoms with Crippen LogP contribution in [0.4, 0.5) is 0 Å². The highest BCUT2D eigenvalue weighted by Gasteiger charge is 2.15. The van der Waals surface area contributed by atoms with E-state index in [0.29, 0.717) is 6.54 Å². The number of amides is 2. The van der Waals surface area contributed by atoms with E-state index in [0.717, 1.165) is 22.5 Å². The number of hydrogen-bond donors (Lipinski definition) is 2. The molecule has 0 bridgehead atoms. The summed E-state index contributed by atoms with van der Waals surface area (Å²) in [6.45, 7) is 2.02. The lowest BCUT2D eigenvalue weighted by Crippen LogP contribution is -2.44. The summed E-state index contributed by atoms with van der Waals surface area (Å²) in [4.78, 5) is 24.7. The molecule has 2 aromatic carbocycles. The van der Waals surface area contributed by atoms with Crippen molar-refractivity contribution in [3.63, 3.8) is 0 Å². The van der Waals surface area contributed by atoms with Gasteiger partial charge in [0, 0.05) is 30.8 Å². The molecule has 0 saturated heterocycles. The van der Waals surface area contributed by atoms with Crippen LogP contribution in [0.2, 0.25) is 0 Å². The highest BCUT2D eigenvalue weighted by molar-refractivity contribution is 5.81. The van der Waals surface area contributed by atoms with Gasteiger partial charge in [0.15, 0.2) is 0 Å². The number of carbonyl (C=O) groups is 2. The second-order valence-electron chi connectivity index (χ2n) is 6.55. The van der Waals surface area contributed by atoms with E-state index >= 15 is 0 Å². The SMILES string of the molecule is CC(=O)NNC(=O)CN(C)Cc1cn(-c2ccccc2)nc1-c1ccccc1. The topological polar surface area (TPSA) is 79.3 Å². The molecule has 0 fully saturated rings. The first-order chi connectivity index (χ1) is 13.5. The van der Waals surface area contributed by atoms with E-state index in [4.69, 9.17) is 5.10 Å². The minimum atomic E-state index is -0.313. The third-order valence-corrected chi connectivity index (χ3v) is 4.09. The van der Waals surface area contributed by atoms with E-state index in [1.165, 1.54) is 6.92 Å². The molecule has 3 aromatic rings. The lowest BCUT2D eigenvalue weighted by Gasteiger charge is -2.16. The Kier molecular flexibility index (Phi) is 6.18. The van der Waals surface area contributed by atoms with E-state index < -0.39 is 0 Å². The van der Waals surface area contributed by atoms with Crippen molar-refractivity contribution >= 4 is 11.8 Å². The fraction of sp³-hybridized carbons (Fsp3) is 0.190. The predicted molar refractivity (Wildman–Crippen MR) is 107 cm³/mol. The van der Waals surface area contributed by atoms with Gasteiger partial charge in [-0.3, -0.25) is 25.3 Å². The normalized spacial score (nSPS) is 10.7. The molecule has 0 saturated carbocycles. The Morgan fingerprint density at radius 2 is 1.64 bits per heavy atom. The molecule has 0 atom stereocenters. The van der Waals surface area contributed by atoms with Gasteiger partial charge in [-0.25, -0.2) is 4.68 Å². The average Bonchev–Trinajstić information content (AvgIpc) is 3.11. The number of nitrogens with zero attached hydrogens (tertiary/aromatic N) is 3. The monoisotopic (exact) mass is 377 g/mol. The number of carbonyl (C=O) groups excluding carboxylic acids is 2. The van der Waals surface area contributed by atoms with Crippen LogP contribution in [0.3, 0.4) is 0 Å². The second kappa shape index (κ2) is 8.96. The van der Waals surface area contributed by atoms with Crippen molar-refractivity contribution in [2.45, 2.75) is 13.5 Å². The third-order valence-electron chi connectivity index (χ3n) is 4.09. The molecular weight excluding hydrogens is 354 g/mol. The summed E-state index contributed by atoms with van der Waals surface area (Å²) in [6.07, 6.45) is 1.99. The van der Waals surface area contributed by atoms with Crippen molar-refractivity contribution in [3.05, 3.63) is 72.4 Å². The molecular formula is C21H23N5O2. The highest BCUT2D eigenvalue weighted by Crippen LogP contribution is 2.24. The van der Waals surface area contributed by atoms with Crippen LogP contribution in [0.25, 0.3) is 16.9 Å². The number of likely N-dealkylation sites (N-methyl/N-ethyl adjacent to an activating group) is 1. The fourth-order valence-corrected chi connectivity index (χ4v) is 2.87. The van der Waals surface area contributed by atoms with Crippen molar-refractivity contribution in [3.8, 4) is 16.9 Å². The molecule has 0 aliphatic carbocycles. The number of benzene rings is 2. The molecule has 1 heterocycles. The van der Waals surface area contributed by atoms with Gasteiger partial charge in [0.2, 0.25) is 5.91 Å². The summed E-state index contributed by atoms with van der Waals surface area (Å²) in [5.41, 5.74) is 8.54. The Morgan fingerprint density at radius 3 is 2.29 bits per heavy atom. The van der Waals surface area contributed by atoms with Crippen LogP contribution in [0.15, 0.2) is 66.9 Å². The molecule has 1 aromatic heterocycles. The number of aromatic nitrogens is 2. The van der Waals surface area contributed by atoms with Crippen molar-refractivity contribution in [2.75, 3.05) is 13.6 Å². The molecule has 144 valence electrons. The van der Waals surface area contributed by atoms with Crippen LogP contribution < -0.4 is 10.9 Å². The Bertz CT molecular complexity index is 938. The second-order valence-corrected chi connectivity index (χ2v) is 6.55. The van der Waals surface area contributed by atoms with E-state index in [9.17, 15) is 9.59 Å². The van der Waals surface area contributed by atoms with Crippen LogP contribution in [0.1, 0.15) is 12.5 Å². The van der Waals surface area contributed by atoms with E-state index in [2.05, 4.69) is 10.9 Å². The predicted octanol–water partition coefficient (Wildman–Crippen LogP) is 2.14. The standard InChI is InChI=1S/C21H23N5O2/c1-16(27)22-23-20(28)15-25(2)13-18-14-26(19-11-7-4-8-12-19)24-21(18)17-9-5-3-6-10-17/h3-12,14H,13,15H2,1-2H3,(H,22,27)(H,23,28). The van der Waals surface area contributed by atoms with E-state index in [1.54, 1.807) is 0 Å². The Morgan fingerprint density at radius 1 is 1.00 bits per heavy atom. The zero-order chi connectivity index (χ0) is 19.9. The smallest absolute Gasteiger partial charge is 0.252 e. The van der Waals surface area contributed by atoms with Gasteiger partial charge in [-0.1, -0.05) is 48.5 Å². The molecule has 7 heteroatoms. The van der Waals surface area contributed by atoms with Gasteiger partial charge in [-0.15, -0.1) is 0 Å². The van der Waals surface area contributed by atoms with Crippen molar-refractivity contribution in [2.24, 2.45) is 0 Å². The zero-order valence-electron chi connectivity index (χ0n) is 15.9. The summed E-state index contributed by atoms with van der Waals surface area (Å²) in [6, 6.07) is 19.9. The van der Waals surface area contributed by atoms with Crippen LogP contribution in [0, 0.1) is 0 Å². The lowest BCUT2D eigenvalue weighted by atomic mass is 10.1. The maximum absolute atomic E-state index is 11.9. The minimum Gasteiger partial charge on any atom is -0.293 e. The minimum absolute atomic E-state index is 0.144. The molecule has 2 N–H and O–H groups in total. The molecule has 3 rings (SSSR count). The maximum atomic E-state index is 11.9. The van der Waals surface area contributed by atoms with E-state index in [1.807, 2.05) is 83.5 Å². The molecule has 0 unspecified atom stereocenters. The summed E-state index contributed by atoms with van der Waals surface area (Å²) in [5, 5.41) is 4.77. The third kappa shape index (κ3) is 5.05. The van der Waals surface area contributed by atoms with Gasteiger partial charge in [0.1, 0.15) is 0 Å². The Balaban J connectivity index is 1.81. The molecule has 7 nitrogen and oxygen atoms in total. The molecule has 0 aliphatic heterocycles. The van der Waals surface area contributed by atoms with Gasteiger partial charge in [0.05, 0.1) is 17.9 Å². The van der Waals surface area contributed by atoms with Gasteiger partial charge in [0.25, 0.3) is 5.91 Å². The molecule has 28 heavy (non-hydrogen) atoms. The van der Waals surface area contributed by atoms with Crippen LogP contribution in [-0.2, 0) is 16.1 Å². The first-order valence-corrected chi connectivity index (χ1v) is 8.96. The summed E-state index contributed by atoms with van der Waals surface area (Å²) >= 11 is 0. The van der Waals surface area contributed by atoms with Crippen molar-refractivity contribution in [1.29, 1.82) is 0 Å². The summed E-state index contributed by atoms with van der Waals surface area (Å²) in [5.74, 6) is -0.596. The Labute approximate surface area is 163 Å². The number of nitrogens with one attached hydrogen (secondary N) is 2. The highest BCUT2D eigenvalue weighted by atomic mass is 16.2. The number of para-hydroxylation sites is 1.